The number of carbonyl (C=O) groups excluding carboxylic acids is 2. The molecule has 5 nitrogen and oxygen atoms in total. The van der Waals surface area contributed by atoms with Crippen molar-refractivity contribution in [3.63, 3.8) is 0 Å². The van der Waals surface area contributed by atoms with Crippen molar-refractivity contribution in [3.8, 4) is 0 Å². The van der Waals surface area contributed by atoms with Gasteiger partial charge in [-0.2, -0.15) is 0 Å². The Morgan fingerprint density at radius 2 is 1.79 bits per heavy atom. The molecule has 0 atom stereocenters. The van der Waals surface area contributed by atoms with Crippen LogP contribution in [0.4, 0.5) is 14.5 Å². The average molecular weight is 417 g/mol. The Bertz CT molecular complexity index is 982. The van der Waals surface area contributed by atoms with Crippen LogP contribution in [0.3, 0.4) is 0 Å². The van der Waals surface area contributed by atoms with Gasteiger partial charge in [0.2, 0.25) is 0 Å². The fourth-order valence-electron chi connectivity index (χ4n) is 3.91. The van der Waals surface area contributed by atoms with E-state index in [9.17, 15) is 18.4 Å². The van der Waals surface area contributed by atoms with Crippen LogP contribution in [-0.4, -0.2) is 54.8 Å². The van der Waals surface area contributed by atoms with E-state index in [1.165, 1.54) is 17.4 Å². The zero-order valence-electron chi connectivity index (χ0n) is 16.2. The summed E-state index contributed by atoms with van der Waals surface area (Å²) in [5.41, 5.74) is 0.660. The van der Waals surface area contributed by atoms with Crippen molar-refractivity contribution in [3.05, 3.63) is 57.9 Å². The SMILES string of the molecule is CN1CCC(N(C)C2=C(c3cccs3)C(=O)N(c3ccc(F)c(F)c3)C2=O)CC1. The summed E-state index contributed by atoms with van der Waals surface area (Å²) >= 11 is 1.37. The van der Waals surface area contributed by atoms with Crippen LogP contribution in [-0.2, 0) is 9.59 Å². The molecule has 29 heavy (non-hydrogen) atoms. The molecule has 0 N–H and O–H groups in total. The number of likely N-dealkylation sites (tertiary alicyclic amines) is 1. The van der Waals surface area contributed by atoms with Crippen LogP contribution >= 0.6 is 11.3 Å². The second-order valence-corrected chi connectivity index (χ2v) is 8.34. The zero-order valence-corrected chi connectivity index (χ0v) is 17.0. The summed E-state index contributed by atoms with van der Waals surface area (Å²) in [6.45, 7) is 1.82. The van der Waals surface area contributed by atoms with Gasteiger partial charge in [0.15, 0.2) is 11.6 Å². The normalized spacial score (nSPS) is 18.8. The van der Waals surface area contributed by atoms with Gasteiger partial charge in [-0.3, -0.25) is 9.59 Å². The molecule has 1 fully saturated rings. The largest absolute Gasteiger partial charge is 0.366 e. The van der Waals surface area contributed by atoms with Crippen molar-refractivity contribution >= 4 is 34.4 Å². The second-order valence-electron chi connectivity index (χ2n) is 7.39. The molecule has 8 heteroatoms. The van der Waals surface area contributed by atoms with Crippen molar-refractivity contribution in [1.82, 2.24) is 9.80 Å². The summed E-state index contributed by atoms with van der Waals surface area (Å²) < 4.78 is 27.2. The van der Waals surface area contributed by atoms with E-state index < -0.39 is 23.4 Å². The summed E-state index contributed by atoms with van der Waals surface area (Å²) in [4.78, 5) is 32.4. The van der Waals surface area contributed by atoms with E-state index in [1.807, 2.05) is 23.4 Å². The maximum absolute atomic E-state index is 13.8. The number of benzene rings is 1. The first kappa shape index (κ1) is 19.7. The predicted octanol–water partition coefficient (Wildman–Crippen LogP) is 3.34. The van der Waals surface area contributed by atoms with Gasteiger partial charge in [0, 0.05) is 24.0 Å². The highest BCUT2D eigenvalue weighted by Gasteiger charge is 2.43. The molecule has 2 aliphatic heterocycles. The number of rotatable bonds is 4. The third-order valence-corrected chi connectivity index (χ3v) is 6.46. The first-order valence-electron chi connectivity index (χ1n) is 9.42. The molecular formula is C21H21F2N3O2S. The lowest BCUT2D eigenvalue weighted by Crippen LogP contribution is -2.43. The number of thiophene rings is 1. The first-order valence-corrected chi connectivity index (χ1v) is 10.3. The maximum Gasteiger partial charge on any atom is 0.282 e. The minimum Gasteiger partial charge on any atom is -0.366 e. The van der Waals surface area contributed by atoms with Crippen molar-refractivity contribution in [2.24, 2.45) is 0 Å². The van der Waals surface area contributed by atoms with Gasteiger partial charge in [-0.1, -0.05) is 6.07 Å². The molecule has 2 aliphatic rings. The molecule has 2 amide bonds. The van der Waals surface area contributed by atoms with Gasteiger partial charge in [-0.25, -0.2) is 13.7 Å². The van der Waals surface area contributed by atoms with Crippen molar-refractivity contribution in [1.29, 1.82) is 0 Å². The highest BCUT2D eigenvalue weighted by atomic mass is 32.1. The van der Waals surface area contributed by atoms with Crippen LogP contribution in [0, 0.1) is 11.6 Å². The summed E-state index contributed by atoms with van der Waals surface area (Å²) in [5.74, 6) is -3.15. The number of likely N-dealkylation sites (N-methyl/N-ethyl adjacent to an activating group) is 1. The van der Waals surface area contributed by atoms with E-state index in [4.69, 9.17) is 0 Å². The van der Waals surface area contributed by atoms with Crippen LogP contribution < -0.4 is 4.90 Å². The Morgan fingerprint density at radius 3 is 2.41 bits per heavy atom. The Kier molecular flexibility index (Phi) is 5.23. The molecule has 0 aliphatic carbocycles. The molecule has 0 radical (unpaired) electrons. The molecule has 0 unspecified atom stereocenters. The average Bonchev–Trinajstić information content (AvgIpc) is 3.30. The Morgan fingerprint density at radius 1 is 1.07 bits per heavy atom. The summed E-state index contributed by atoms with van der Waals surface area (Å²) in [5, 5.41) is 1.84. The fourth-order valence-corrected chi connectivity index (χ4v) is 4.67. The standard InChI is InChI=1S/C21H21F2N3O2S/c1-24-9-7-13(8-10-24)25(2)19-18(17-4-3-11-29-17)20(27)26(21(19)28)14-5-6-15(22)16(23)12-14/h3-6,11-13H,7-10H2,1-2H3. The molecule has 0 saturated carbocycles. The minimum atomic E-state index is -1.10. The third-order valence-electron chi connectivity index (χ3n) is 5.58. The first-order chi connectivity index (χ1) is 13.9. The number of nitrogens with zero attached hydrogens (tertiary/aromatic N) is 3. The quantitative estimate of drug-likeness (QED) is 0.716. The summed E-state index contributed by atoms with van der Waals surface area (Å²) in [6, 6.07) is 6.79. The topological polar surface area (TPSA) is 43.9 Å². The smallest absolute Gasteiger partial charge is 0.282 e. The molecule has 4 rings (SSSR count). The van der Waals surface area contributed by atoms with E-state index in [0.717, 1.165) is 43.0 Å². The number of amides is 2. The van der Waals surface area contributed by atoms with E-state index in [-0.39, 0.29) is 11.7 Å². The fraction of sp³-hybridized carbons (Fsp3) is 0.333. The van der Waals surface area contributed by atoms with Crippen LogP contribution in [0.1, 0.15) is 17.7 Å². The van der Waals surface area contributed by atoms with Crippen molar-refractivity contribution in [2.75, 3.05) is 32.1 Å². The molecule has 3 heterocycles. The summed E-state index contributed by atoms with van der Waals surface area (Å²) in [7, 11) is 3.89. The Balaban J connectivity index is 1.75. The molecule has 1 saturated heterocycles. The van der Waals surface area contributed by atoms with Crippen LogP contribution in [0.15, 0.2) is 41.4 Å². The van der Waals surface area contributed by atoms with E-state index in [1.54, 1.807) is 6.07 Å². The molecule has 0 spiro atoms. The number of hydrogen-bond donors (Lipinski definition) is 0. The molecule has 2 aromatic rings. The van der Waals surface area contributed by atoms with E-state index in [2.05, 4.69) is 11.9 Å². The number of hydrogen-bond acceptors (Lipinski definition) is 5. The molecule has 152 valence electrons. The van der Waals surface area contributed by atoms with Gasteiger partial charge in [0.1, 0.15) is 5.70 Å². The monoisotopic (exact) mass is 417 g/mol. The second kappa shape index (κ2) is 7.68. The van der Waals surface area contributed by atoms with Gasteiger partial charge in [-0.05, 0) is 56.6 Å². The minimum absolute atomic E-state index is 0.0275. The maximum atomic E-state index is 13.8. The van der Waals surface area contributed by atoms with Crippen molar-refractivity contribution < 1.29 is 18.4 Å². The van der Waals surface area contributed by atoms with Crippen LogP contribution in [0.25, 0.3) is 5.57 Å². The number of anilines is 1. The third kappa shape index (κ3) is 3.47. The Labute approximate surface area is 171 Å². The lowest BCUT2D eigenvalue weighted by atomic mass is 10.0. The molecule has 1 aromatic carbocycles. The van der Waals surface area contributed by atoms with Gasteiger partial charge in [0.25, 0.3) is 11.8 Å². The van der Waals surface area contributed by atoms with Crippen LogP contribution in [0.2, 0.25) is 0 Å². The summed E-state index contributed by atoms with van der Waals surface area (Å²) in [6.07, 6.45) is 1.75. The Hall–Kier alpha value is -2.58. The van der Waals surface area contributed by atoms with Crippen LogP contribution in [0.5, 0.6) is 0 Å². The van der Waals surface area contributed by atoms with E-state index in [0.29, 0.717) is 16.1 Å². The van der Waals surface area contributed by atoms with Crippen molar-refractivity contribution in [2.45, 2.75) is 18.9 Å². The lowest BCUT2D eigenvalue weighted by Gasteiger charge is -2.36. The zero-order chi connectivity index (χ0) is 20.7. The number of imide groups is 1. The number of carbonyl (C=O) groups is 2. The predicted molar refractivity (Wildman–Crippen MR) is 108 cm³/mol. The highest BCUT2D eigenvalue weighted by molar-refractivity contribution is 7.11. The highest BCUT2D eigenvalue weighted by Crippen LogP contribution is 2.37. The number of halogens is 2. The number of piperidine rings is 1. The lowest BCUT2D eigenvalue weighted by molar-refractivity contribution is -0.120. The van der Waals surface area contributed by atoms with Gasteiger partial charge in [-0.15, -0.1) is 11.3 Å². The molecule has 1 aromatic heterocycles. The van der Waals surface area contributed by atoms with Gasteiger partial charge in [0.05, 0.1) is 11.3 Å². The molecular weight excluding hydrogens is 396 g/mol. The van der Waals surface area contributed by atoms with E-state index >= 15 is 0 Å². The van der Waals surface area contributed by atoms with Gasteiger partial charge >= 0.3 is 0 Å². The van der Waals surface area contributed by atoms with Gasteiger partial charge < -0.3 is 9.80 Å². The molecule has 0 bridgehead atoms.